The third-order valence-electron chi connectivity index (χ3n) is 2.75. The summed E-state index contributed by atoms with van der Waals surface area (Å²) in [6, 6.07) is 2.45. The first-order valence-electron chi connectivity index (χ1n) is 5.34. The lowest BCUT2D eigenvalue weighted by atomic mass is 10.1. The molecule has 0 aliphatic heterocycles. The fourth-order valence-corrected chi connectivity index (χ4v) is 1.21. The van der Waals surface area contributed by atoms with E-state index in [1.54, 1.807) is 0 Å². The first-order chi connectivity index (χ1) is 8.22. The van der Waals surface area contributed by atoms with Gasteiger partial charge in [-0.05, 0) is 27.9 Å². The van der Waals surface area contributed by atoms with Crippen molar-refractivity contribution in [3.05, 3.63) is 27.4 Å². The Labute approximate surface area is 111 Å². The Morgan fingerprint density at radius 1 is 1.50 bits per heavy atom. The molecule has 0 aromatic carbocycles. The molecule has 0 saturated carbocycles. The molecule has 1 heterocycles. The third-order valence-corrected chi connectivity index (χ3v) is 2.94. The first kappa shape index (κ1) is 14.7. The minimum atomic E-state index is -0.530. The molecule has 0 aliphatic carbocycles. The minimum absolute atomic E-state index is 0.0434. The van der Waals surface area contributed by atoms with Crippen LogP contribution in [0.3, 0.4) is 0 Å². The molecular formula is C11H16ClN3O3. The Morgan fingerprint density at radius 2 is 2.11 bits per heavy atom. The van der Waals surface area contributed by atoms with Gasteiger partial charge in [0.1, 0.15) is 11.8 Å². The number of nitrogens with zero attached hydrogens (tertiary/aromatic N) is 3. The van der Waals surface area contributed by atoms with Crippen LogP contribution in [0.15, 0.2) is 12.1 Å². The Hall–Kier alpha value is -1.40. The van der Waals surface area contributed by atoms with Gasteiger partial charge in [-0.3, -0.25) is 10.1 Å². The molecule has 0 unspecified atom stereocenters. The molecule has 6 nitrogen and oxygen atoms in total. The summed E-state index contributed by atoms with van der Waals surface area (Å²) in [5, 5.41) is 10.7. The van der Waals surface area contributed by atoms with Gasteiger partial charge in [-0.1, -0.05) is 11.6 Å². The fourth-order valence-electron chi connectivity index (χ4n) is 1.02. The van der Waals surface area contributed by atoms with E-state index in [-0.39, 0.29) is 22.3 Å². The van der Waals surface area contributed by atoms with Crippen LogP contribution in [0.25, 0.3) is 0 Å². The van der Waals surface area contributed by atoms with Crippen molar-refractivity contribution in [1.29, 1.82) is 0 Å². The summed E-state index contributed by atoms with van der Waals surface area (Å²) in [4.78, 5) is 16.0. The van der Waals surface area contributed by atoms with E-state index < -0.39 is 4.92 Å². The first-order valence-corrected chi connectivity index (χ1v) is 5.72. The molecule has 0 amide bonds. The molecule has 0 atom stereocenters. The summed E-state index contributed by atoms with van der Waals surface area (Å²) in [7, 11) is 3.86. The standard InChI is InChI=1S/C11H16ClN3O3/c1-11(2,14(3)4)7-18-10-6-8(15(16)17)5-9(12)13-10/h5-6H,7H2,1-4H3. The van der Waals surface area contributed by atoms with Gasteiger partial charge in [-0.15, -0.1) is 0 Å². The third kappa shape index (κ3) is 3.82. The van der Waals surface area contributed by atoms with Crippen LogP contribution < -0.4 is 4.74 Å². The summed E-state index contributed by atoms with van der Waals surface area (Å²) in [5.74, 6) is 0.157. The number of hydrogen-bond donors (Lipinski definition) is 0. The number of pyridine rings is 1. The van der Waals surface area contributed by atoms with Gasteiger partial charge in [0, 0.05) is 5.54 Å². The molecule has 1 aromatic rings. The predicted octanol–water partition coefficient (Wildman–Crippen LogP) is 2.36. The Bertz CT molecular complexity index is 449. The largest absolute Gasteiger partial charge is 0.476 e. The number of halogens is 1. The molecule has 100 valence electrons. The van der Waals surface area contributed by atoms with Crippen LogP contribution in [-0.2, 0) is 0 Å². The molecule has 1 aromatic heterocycles. The van der Waals surface area contributed by atoms with E-state index in [0.717, 1.165) is 0 Å². The van der Waals surface area contributed by atoms with Gasteiger partial charge < -0.3 is 9.64 Å². The van der Waals surface area contributed by atoms with Gasteiger partial charge in [0.2, 0.25) is 5.88 Å². The number of ether oxygens (including phenoxy) is 1. The maximum Gasteiger partial charge on any atom is 0.277 e. The molecule has 0 bridgehead atoms. The van der Waals surface area contributed by atoms with Crippen LogP contribution in [0.2, 0.25) is 5.15 Å². The van der Waals surface area contributed by atoms with Crippen molar-refractivity contribution in [2.75, 3.05) is 20.7 Å². The average molecular weight is 274 g/mol. The van der Waals surface area contributed by atoms with Crippen molar-refractivity contribution >= 4 is 17.3 Å². The monoisotopic (exact) mass is 273 g/mol. The Morgan fingerprint density at radius 3 is 2.61 bits per heavy atom. The van der Waals surface area contributed by atoms with E-state index in [2.05, 4.69) is 4.98 Å². The van der Waals surface area contributed by atoms with Crippen molar-refractivity contribution in [1.82, 2.24) is 9.88 Å². The quantitative estimate of drug-likeness (QED) is 0.468. The smallest absolute Gasteiger partial charge is 0.277 e. The van der Waals surface area contributed by atoms with Crippen molar-refractivity contribution in [2.24, 2.45) is 0 Å². The molecular weight excluding hydrogens is 258 g/mol. The molecule has 0 N–H and O–H groups in total. The van der Waals surface area contributed by atoms with Crippen molar-refractivity contribution in [2.45, 2.75) is 19.4 Å². The Balaban J connectivity index is 2.83. The summed E-state index contributed by atoms with van der Waals surface area (Å²) in [6.45, 7) is 4.34. The minimum Gasteiger partial charge on any atom is -0.476 e. The number of likely N-dealkylation sites (N-methyl/N-ethyl adjacent to an activating group) is 1. The summed E-state index contributed by atoms with van der Waals surface area (Å²) in [5.41, 5.74) is -0.341. The lowest BCUT2D eigenvalue weighted by Gasteiger charge is -2.31. The summed E-state index contributed by atoms with van der Waals surface area (Å²) < 4.78 is 5.46. The van der Waals surface area contributed by atoms with Gasteiger partial charge >= 0.3 is 0 Å². The van der Waals surface area contributed by atoms with Gasteiger partial charge in [0.25, 0.3) is 5.69 Å². The highest BCUT2D eigenvalue weighted by molar-refractivity contribution is 6.29. The Kier molecular flexibility index (Phi) is 4.48. The van der Waals surface area contributed by atoms with Crippen LogP contribution >= 0.6 is 11.6 Å². The van der Waals surface area contributed by atoms with E-state index in [1.165, 1.54) is 12.1 Å². The van der Waals surface area contributed by atoms with Gasteiger partial charge in [-0.2, -0.15) is 0 Å². The van der Waals surface area contributed by atoms with Crippen LogP contribution in [0.5, 0.6) is 5.88 Å². The van der Waals surface area contributed by atoms with Gasteiger partial charge in [-0.25, -0.2) is 4.98 Å². The second-order valence-corrected chi connectivity index (χ2v) is 5.13. The molecule has 0 spiro atoms. The van der Waals surface area contributed by atoms with Crippen LogP contribution in [0, 0.1) is 10.1 Å². The lowest BCUT2D eigenvalue weighted by molar-refractivity contribution is -0.385. The van der Waals surface area contributed by atoms with Crippen molar-refractivity contribution in [3.63, 3.8) is 0 Å². The molecule has 1 rings (SSSR count). The normalized spacial score (nSPS) is 11.7. The van der Waals surface area contributed by atoms with Crippen LogP contribution in [0.1, 0.15) is 13.8 Å². The van der Waals surface area contributed by atoms with E-state index in [4.69, 9.17) is 16.3 Å². The topological polar surface area (TPSA) is 68.5 Å². The molecule has 0 radical (unpaired) electrons. The van der Waals surface area contributed by atoms with Gasteiger partial charge in [0.05, 0.1) is 17.1 Å². The fraction of sp³-hybridized carbons (Fsp3) is 0.545. The zero-order valence-corrected chi connectivity index (χ0v) is 11.6. The van der Waals surface area contributed by atoms with E-state index >= 15 is 0 Å². The predicted molar refractivity (Wildman–Crippen MR) is 69.2 cm³/mol. The molecule has 0 saturated heterocycles. The number of nitro groups is 1. The zero-order chi connectivity index (χ0) is 13.9. The number of rotatable bonds is 5. The van der Waals surface area contributed by atoms with Crippen molar-refractivity contribution in [3.8, 4) is 5.88 Å². The summed E-state index contributed by atoms with van der Waals surface area (Å²) >= 11 is 5.70. The van der Waals surface area contributed by atoms with E-state index in [0.29, 0.717) is 6.61 Å². The summed E-state index contributed by atoms with van der Waals surface area (Å²) in [6.07, 6.45) is 0. The second kappa shape index (κ2) is 5.49. The zero-order valence-electron chi connectivity index (χ0n) is 10.8. The maximum absolute atomic E-state index is 10.7. The lowest BCUT2D eigenvalue weighted by Crippen LogP contribution is -2.43. The van der Waals surface area contributed by atoms with Crippen LogP contribution in [0.4, 0.5) is 5.69 Å². The van der Waals surface area contributed by atoms with E-state index in [1.807, 2.05) is 32.8 Å². The number of hydrogen-bond acceptors (Lipinski definition) is 5. The molecule has 0 aliphatic rings. The number of aromatic nitrogens is 1. The average Bonchev–Trinajstić information content (AvgIpc) is 2.25. The molecule has 0 fully saturated rings. The second-order valence-electron chi connectivity index (χ2n) is 4.74. The molecule has 18 heavy (non-hydrogen) atoms. The van der Waals surface area contributed by atoms with Gasteiger partial charge in [0.15, 0.2) is 0 Å². The highest BCUT2D eigenvalue weighted by atomic mass is 35.5. The van der Waals surface area contributed by atoms with Crippen LogP contribution in [-0.4, -0.2) is 41.0 Å². The van der Waals surface area contributed by atoms with E-state index in [9.17, 15) is 10.1 Å². The molecule has 7 heteroatoms. The highest BCUT2D eigenvalue weighted by Crippen LogP contribution is 2.23. The van der Waals surface area contributed by atoms with Crippen molar-refractivity contribution < 1.29 is 9.66 Å². The maximum atomic E-state index is 10.7. The SMILES string of the molecule is CN(C)C(C)(C)COc1cc([N+](=O)[O-])cc(Cl)n1. The highest BCUT2D eigenvalue weighted by Gasteiger charge is 2.22.